The highest BCUT2D eigenvalue weighted by Crippen LogP contribution is 2.31. The largest absolute Gasteiger partial charge is 0.255 e. The van der Waals surface area contributed by atoms with E-state index in [4.69, 9.17) is 9.97 Å². The lowest BCUT2D eigenvalue weighted by molar-refractivity contribution is 1.22. The number of rotatable bonds is 10. The molecule has 0 radical (unpaired) electrons. The zero-order valence-electron chi connectivity index (χ0n) is 31.5. The summed E-state index contributed by atoms with van der Waals surface area (Å²) in [7, 11) is 0. The first-order valence-electron chi connectivity index (χ1n) is 19.1. The average molecular weight is 745 g/mol. The zero-order valence-corrected chi connectivity index (χ0v) is 31.5. The van der Waals surface area contributed by atoms with Gasteiger partial charge in [0.1, 0.15) is 0 Å². The van der Waals surface area contributed by atoms with Gasteiger partial charge in [-0.2, -0.15) is 0 Å². The van der Waals surface area contributed by atoms with Gasteiger partial charge in [0.05, 0.1) is 45.6 Å². The fourth-order valence-corrected chi connectivity index (χ4v) is 6.65. The molecule has 6 nitrogen and oxygen atoms in total. The smallest absolute Gasteiger partial charge is 0.0900 e. The molecular formula is C52H36N6. The monoisotopic (exact) mass is 744 g/mol. The molecule has 0 unspecified atom stereocenters. The summed E-state index contributed by atoms with van der Waals surface area (Å²) in [6, 6.07) is 57.6. The second-order valence-corrected chi connectivity index (χ2v) is 13.7. The highest BCUT2D eigenvalue weighted by Gasteiger charge is 2.12. The summed E-state index contributed by atoms with van der Waals surface area (Å²) in [6.45, 7) is 0. The lowest BCUT2D eigenvalue weighted by Gasteiger charge is -2.09. The lowest BCUT2D eigenvalue weighted by Crippen LogP contribution is -1.93. The number of nitrogens with zero attached hydrogens (tertiary/aromatic N) is 6. The van der Waals surface area contributed by atoms with Gasteiger partial charge in [0.15, 0.2) is 0 Å². The second kappa shape index (κ2) is 16.8. The Hall–Kier alpha value is -7.96. The molecule has 0 amide bonds. The molecule has 6 aromatic heterocycles. The minimum atomic E-state index is 0.812. The first-order chi connectivity index (χ1) is 28.7. The molecule has 0 aliphatic rings. The van der Waals surface area contributed by atoms with Crippen molar-refractivity contribution in [1.82, 2.24) is 29.9 Å². The summed E-state index contributed by atoms with van der Waals surface area (Å²) in [6.07, 6.45) is 15.7. The summed E-state index contributed by atoms with van der Waals surface area (Å²) in [4.78, 5) is 28.0. The molecule has 0 saturated carbocycles. The number of hydrogen-bond acceptors (Lipinski definition) is 6. The lowest BCUT2D eigenvalue weighted by atomic mass is 10.0. The Morgan fingerprint density at radius 1 is 0.241 bits per heavy atom. The van der Waals surface area contributed by atoms with Gasteiger partial charge in [-0.3, -0.25) is 19.9 Å². The molecule has 6 heterocycles. The Morgan fingerprint density at radius 2 is 0.500 bits per heavy atom. The van der Waals surface area contributed by atoms with Gasteiger partial charge in [0.25, 0.3) is 0 Å². The van der Waals surface area contributed by atoms with E-state index in [2.05, 4.69) is 141 Å². The molecule has 0 N–H and O–H groups in total. The second-order valence-electron chi connectivity index (χ2n) is 13.7. The Balaban J connectivity index is 0.877. The van der Waals surface area contributed by atoms with Crippen LogP contribution in [-0.2, 0) is 0 Å². The molecule has 274 valence electrons. The maximum atomic E-state index is 4.90. The Labute approximate surface area is 337 Å². The SMILES string of the molecule is C(=C\c1ccc(-c2cc(-c3ccccn3)nc(-c3ccccn3)c2)cc1)/c1ccc(/C=C/c2ccc(-c3cc(-c4ccccn4)nc(-c4ccccn4)c3)cc2)cc1. The molecule has 6 heteroatoms. The molecule has 0 aliphatic carbocycles. The molecule has 0 bridgehead atoms. The van der Waals surface area contributed by atoms with Crippen LogP contribution in [0.15, 0.2) is 195 Å². The van der Waals surface area contributed by atoms with E-state index in [0.717, 1.165) is 90.1 Å². The molecule has 0 saturated heterocycles. The first kappa shape index (κ1) is 35.7. The van der Waals surface area contributed by atoms with E-state index >= 15 is 0 Å². The van der Waals surface area contributed by atoms with Gasteiger partial charge in [-0.05, 0) is 117 Å². The Morgan fingerprint density at radius 3 is 0.741 bits per heavy atom. The van der Waals surface area contributed by atoms with Crippen LogP contribution in [0.5, 0.6) is 0 Å². The maximum absolute atomic E-state index is 4.90. The molecule has 9 rings (SSSR count). The van der Waals surface area contributed by atoms with Crippen LogP contribution in [0.1, 0.15) is 22.3 Å². The van der Waals surface area contributed by atoms with Crippen molar-refractivity contribution in [3.8, 4) is 67.8 Å². The molecular weight excluding hydrogens is 709 g/mol. The van der Waals surface area contributed by atoms with E-state index in [1.165, 1.54) is 0 Å². The van der Waals surface area contributed by atoms with Gasteiger partial charge in [0, 0.05) is 24.8 Å². The maximum Gasteiger partial charge on any atom is 0.0900 e. The van der Waals surface area contributed by atoms with E-state index in [1.54, 1.807) is 24.8 Å². The van der Waals surface area contributed by atoms with Gasteiger partial charge < -0.3 is 0 Å². The van der Waals surface area contributed by atoms with E-state index in [1.807, 2.05) is 72.8 Å². The van der Waals surface area contributed by atoms with Crippen molar-refractivity contribution in [2.24, 2.45) is 0 Å². The van der Waals surface area contributed by atoms with E-state index in [-0.39, 0.29) is 0 Å². The average Bonchev–Trinajstić information content (AvgIpc) is 3.32. The molecule has 58 heavy (non-hydrogen) atoms. The third-order valence-corrected chi connectivity index (χ3v) is 9.72. The Kier molecular flexibility index (Phi) is 10.4. The van der Waals surface area contributed by atoms with Crippen LogP contribution in [0.3, 0.4) is 0 Å². The quantitative estimate of drug-likeness (QED) is 0.130. The van der Waals surface area contributed by atoms with Crippen molar-refractivity contribution in [2.45, 2.75) is 0 Å². The van der Waals surface area contributed by atoms with Gasteiger partial charge in [-0.25, -0.2) is 9.97 Å². The predicted molar refractivity (Wildman–Crippen MR) is 237 cm³/mol. The summed E-state index contributed by atoms with van der Waals surface area (Å²) in [5.41, 5.74) is 15.4. The molecule has 9 aromatic rings. The summed E-state index contributed by atoms with van der Waals surface area (Å²) >= 11 is 0. The first-order valence-corrected chi connectivity index (χ1v) is 19.1. The van der Waals surface area contributed by atoms with Crippen LogP contribution in [-0.4, -0.2) is 29.9 Å². The number of aromatic nitrogens is 6. The van der Waals surface area contributed by atoms with Crippen molar-refractivity contribution >= 4 is 24.3 Å². The molecule has 0 atom stereocenters. The van der Waals surface area contributed by atoms with Gasteiger partial charge in [-0.1, -0.05) is 121 Å². The fourth-order valence-electron chi connectivity index (χ4n) is 6.65. The van der Waals surface area contributed by atoms with Crippen molar-refractivity contribution in [3.63, 3.8) is 0 Å². The van der Waals surface area contributed by atoms with Crippen molar-refractivity contribution < 1.29 is 0 Å². The van der Waals surface area contributed by atoms with Gasteiger partial charge in [-0.15, -0.1) is 0 Å². The third kappa shape index (κ3) is 8.47. The summed E-state index contributed by atoms with van der Waals surface area (Å²) in [5, 5.41) is 0. The van der Waals surface area contributed by atoms with E-state index in [0.29, 0.717) is 0 Å². The van der Waals surface area contributed by atoms with Gasteiger partial charge >= 0.3 is 0 Å². The van der Waals surface area contributed by atoms with Crippen LogP contribution in [0, 0.1) is 0 Å². The number of benzene rings is 3. The van der Waals surface area contributed by atoms with Crippen LogP contribution in [0.25, 0.3) is 92.1 Å². The topological polar surface area (TPSA) is 77.3 Å². The standard InChI is InChI=1S/C52H36N6/c1-5-29-53-45(9-1)49-33-43(34-50(57-49)46-10-2-6-30-54-46)41-25-21-39(22-26-41)19-17-37-13-15-38(16-14-37)18-20-40-23-27-42(28-24-40)44-35-51(47-11-3-7-31-55-47)58-52(36-44)48-12-4-8-32-56-48/h1-36H/b19-17+,20-18+. The Bertz CT molecular complexity index is 2510. The van der Waals surface area contributed by atoms with Gasteiger partial charge in [0.2, 0.25) is 0 Å². The molecule has 0 aliphatic heterocycles. The predicted octanol–water partition coefficient (Wildman–Crippen LogP) is 12.4. The van der Waals surface area contributed by atoms with E-state index < -0.39 is 0 Å². The van der Waals surface area contributed by atoms with Crippen molar-refractivity contribution in [1.29, 1.82) is 0 Å². The van der Waals surface area contributed by atoms with Crippen molar-refractivity contribution in [3.05, 3.63) is 217 Å². The summed E-state index contributed by atoms with van der Waals surface area (Å²) < 4.78 is 0. The fraction of sp³-hybridized carbons (Fsp3) is 0. The molecule has 3 aromatic carbocycles. The van der Waals surface area contributed by atoms with Crippen LogP contribution < -0.4 is 0 Å². The van der Waals surface area contributed by atoms with Crippen LogP contribution in [0.4, 0.5) is 0 Å². The molecule has 0 spiro atoms. The van der Waals surface area contributed by atoms with Crippen LogP contribution in [0.2, 0.25) is 0 Å². The number of hydrogen-bond donors (Lipinski definition) is 0. The number of pyridine rings is 6. The van der Waals surface area contributed by atoms with Crippen molar-refractivity contribution in [2.75, 3.05) is 0 Å². The minimum absolute atomic E-state index is 0.812. The normalized spacial score (nSPS) is 11.3. The highest BCUT2D eigenvalue weighted by atomic mass is 14.8. The summed E-state index contributed by atoms with van der Waals surface area (Å²) in [5.74, 6) is 0. The third-order valence-electron chi connectivity index (χ3n) is 9.72. The van der Waals surface area contributed by atoms with E-state index in [9.17, 15) is 0 Å². The highest BCUT2D eigenvalue weighted by molar-refractivity contribution is 5.79. The molecule has 0 fully saturated rings. The van der Waals surface area contributed by atoms with Crippen LogP contribution >= 0.6 is 0 Å². The minimum Gasteiger partial charge on any atom is -0.255 e. The zero-order chi connectivity index (χ0) is 38.9.